The Bertz CT molecular complexity index is 381. The molecule has 1 aliphatic heterocycles. The van der Waals surface area contributed by atoms with Crippen LogP contribution in [0.2, 0.25) is 0 Å². The maximum absolute atomic E-state index is 10.7. The zero-order valence-corrected chi connectivity index (χ0v) is 8.68. The maximum Gasteiger partial charge on any atom is 0.153 e. The van der Waals surface area contributed by atoms with E-state index in [9.17, 15) is 9.90 Å². The third-order valence-electron chi connectivity index (χ3n) is 2.78. The van der Waals surface area contributed by atoms with Gasteiger partial charge in [-0.05, 0) is 18.6 Å². The number of hydrogen-bond donors (Lipinski definition) is 1. The van der Waals surface area contributed by atoms with Gasteiger partial charge in [-0.2, -0.15) is 0 Å². The van der Waals surface area contributed by atoms with E-state index in [0.717, 1.165) is 11.4 Å². The highest BCUT2D eigenvalue weighted by Gasteiger charge is 2.36. The number of hydrogen-bond acceptors (Lipinski definition) is 4. The van der Waals surface area contributed by atoms with E-state index < -0.39 is 5.60 Å². The Kier molecular flexibility index (Phi) is 2.44. The number of aldehydes is 1. The van der Waals surface area contributed by atoms with Crippen LogP contribution in [0.4, 0.5) is 5.82 Å². The molecule has 1 saturated heterocycles. The highest BCUT2D eigenvalue weighted by atomic mass is 16.3. The van der Waals surface area contributed by atoms with Crippen LogP contribution in [-0.4, -0.2) is 35.1 Å². The molecule has 1 aromatic heterocycles. The molecule has 1 atom stereocenters. The molecule has 2 rings (SSSR count). The van der Waals surface area contributed by atoms with Gasteiger partial charge in [0.2, 0.25) is 0 Å². The van der Waals surface area contributed by atoms with E-state index in [2.05, 4.69) is 4.98 Å². The van der Waals surface area contributed by atoms with Gasteiger partial charge in [-0.15, -0.1) is 0 Å². The molecule has 2 heterocycles. The van der Waals surface area contributed by atoms with Gasteiger partial charge in [-0.1, -0.05) is 6.07 Å². The van der Waals surface area contributed by atoms with Gasteiger partial charge in [-0.25, -0.2) is 4.98 Å². The van der Waals surface area contributed by atoms with Crippen molar-refractivity contribution in [1.82, 2.24) is 4.98 Å². The van der Waals surface area contributed by atoms with Gasteiger partial charge in [0.05, 0.1) is 6.54 Å². The minimum absolute atomic E-state index is 0.342. The Labute approximate surface area is 88.6 Å². The molecule has 0 spiro atoms. The van der Waals surface area contributed by atoms with E-state index >= 15 is 0 Å². The largest absolute Gasteiger partial charge is 0.380 e. The summed E-state index contributed by atoms with van der Waals surface area (Å²) in [6, 6.07) is 3.85. The summed E-state index contributed by atoms with van der Waals surface area (Å²) >= 11 is 0. The van der Waals surface area contributed by atoms with Gasteiger partial charge in [0.1, 0.15) is 11.4 Å². The van der Waals surface area contributed by atoms with Crippen LogP contribution in [0.15, 0.2) is 18.3 Å². The molecule has 80 valence electrons. The predicted molar refractivity (Wildman–Crippen MR) is 56.8 cm³/mol. The van der Waals surface area contributed by atoms with Crippen LogP contribution >= 0.6 is 0 Å². The Morgan fingerprint density at radius 2 is 2.47 bits per heavy atom. The van der Waals surface area contributed by atoms with Crippen molar-refractivity contribution in [2.45, 2.75) is 18.9 Å². The van der Waals surface area contributed by atoms with Crippen LogP contribution < -0.4 is 4.90 Å². The molecule has 15 heavy (non-hydrogen) atoms. The Morgan fingerprint density at radius 3 is 3.07 bits per heavy atom. The van der Waals surface area contributed by atoms with Crippen molar-refractivity contribution in [3.63, 3.8) is 0 Å². The first-order valence-corrected chi connectivity index (χ1v) is 5.00. The van der Waals surface area contributed by atoms with Gasteiger partial charge < -0.3 is 14.8 Å². The summed E-state index contributed by atoms with van der Waals surface area (Å²) in [6.07, 6.45) is 2.83. The number of anilines is 1. The number of pyridine rings is 1. The van der Waals surface area contributed by atoms with E-state index in [-0.39, 0.29) is 0 Å². The lowest BCUT2D eigenvalue weighted by Gasteiger charge is -2.20. The molecule has 0 bridgehead atoms. The zero-order chi connectivity index (χ0) is 10.9. The average molecular weight is 206 g/mol. The standard InChI is InChI=1S/C11H14N2O2/c1-9-3-2-5-12-10(9)13-6-4-11(15,7-13)8-14/h2-3,5,8,15H,4,6-7H2,1H3. The molecular weight excluding hydrogens is 192 g/mol. The van der Waals surface area contributed by atoms with E-state index in [1.807, 2.05) is 24.0 Å². The molecule has 4 nitrogen and oxygen atoms in total. The number of rotatable bonds is 2. The number of aryl methyl sites for hydroxylation is 1. The minimum atomic E-state index is -1.19. The zero-order valence-electron chi connectivity index (χ0n) is 8.68. The molecule has 1 fully saturated rings. The van der Waals surface area contributed by atoms with Gasteiger partial charge in [0.25, 0.3) is 0 Å². The molecule has 0 aromatic carbocycles. The number of carbonyl (C=O) groups is 1. The van der Waals surface area contributed by atoms with Crippen LogP contribution in [0, 0.1) is 6.92 Å². The maximum atomic E-state index is 10.7. The second-order valence-electron chi connectivity index (χ2n) is 4.04. The molecule has 1 N–H and O–H groups in total. The topological polar surface area (TPSA) is 53.4 Å². The quantitative estimate of drug-likeness (QED) is 0.717. The van der Waals surface area contributed by atoms with Crippen molar-refractivity contribution in [2.75, 3.05) is 18.0 Å². The molecule has 1 unspecified atom stereocenters. The van der Waals surface area contributed by atoms with Crippen molar-refractivity contribution in [3.8, 4) is 0 Å². The number of aromatic nitrogens is 1. The van der Waals surface area contributed by atoms with Gasteiger partial charge >= 0.3 is 0 Å². The SMILES string of the molecule is Cc1cccnc1N1CCC(O)(C=O)C1. The Hall–Kier alpha value is -1.42. The fraction of sp³-hybridized carbons (Fsp3) is 0.455. The van der Waals surface area contributed by atoms with E-state index in [1.54, 1.807) is 6.20 Å². The summed E-state index contributed by atoms with van der Waals surface area (Å²) in [5.41, 5.74) is -0.128. The molecule has 4 heteroatoms. The molecule has 0 radical (unpaired) electrons. The highest BCUT2D eigenvalue weighted by molar-refractivity contribution is 5.66. The van der Waals surface area contributed by atoms with Crippen molar-refractivity contribution in [1.29, 1.82) is 0 Å². The van der Waals surface area contributed by atoms with Gasteiger partial charge in [0.15, 0.2) is 6.29 Å². The number of carbonyl (C=O) groups excluding carboxylic acids is 1. The molecule has 0 aliphatic carbocycles. The fourth-order valence-electron chi connectivity index (χ4n) is 1.90. The van der Waals surface area contributed by atoms with E-state index in [1.165, 1.54) is 0 Å². The van der Waals surface area contributed by atoms with Crippen molar-refractivity contribution < 1.29 is 9.90 Å². The Balaban J connectivity index is 2.21. The molecular formula is C11H14N2O2. The second kappa shape index (κ2) is 3.62. The summed E-state index contributed by atoms with van der Waals surface area (Å²) < 4.78 is 0. The van der Waals surface area contributed by atoms with Crippen LogP contribution in [-0.2, 0) is 4.79 Å². The summed E-state index contributed by atoms with van der Waals surface area (Å²) in [5, 5.41) is 9.79. The lowest BCUT2D eigenvalue weighted by atomic mass is 10.1. The third-order valence-corrected chi connectivity index (χ3v) is 2.78. The molecule has 1 aromatic rings. The van der Waals surface area contributed by atoms with Gasteiger partial charge in [0, 0.05) is 19.2 Å². The van der Waals surface area contributed by atoms with Gasteiger partial charge in [-0.3, -0.25) is 0 Å². The fourth-order valence-corrected chi connectivity index (χ4v) is 1.90. The minimum Gasteiger partial charge on any atom is -0.380 e. The van der Waals surface area contributed by atoms with Crippen molar-refractivity contribution >= 4 is 12.1 Å². The van der Waals surface area contributed by atoms with E-state index in [4.69, 9.17) is 0 Å². The van der Waals surface area contributed by atoms with Crippen LogP contribution in [0.1, 0.15) is 12.0 Å². The van der Waals surface area contributed by atoms with Crippen molar-refractivity contribution in [3.05, 3.63) is 23.9 Å². The molecule has 1 aliphatic rings. The summed E-state index contributed by atoms with van der Waals surface area (Å²) in [4.78, 5) is 16.9. The summed E-state index contributed by atoms with van der Waals surface area (Å²) in [6.45, 7) is 2.99. The summed E-state index contributed by atoms with van der Waals surface area (Å²) in [5.74, 6) is 0.857. The Morgan fingerprint density at radius 1 is 1.67 bits per heavy atom. The summed E-state index contributed by atoms with van der Waals surface area (Å²) in [7, 11) is 0. The first-order chi connectivity index (χ1) is 7.14. The van der Waals surface area contributed by atoms with Crippen LogP contribution in [0.25, 0.3) is 0 Å². The first-order valence-electron chi connectivity index (χ1n) is 5.00. The van der Waals surface area contributed by atoms with Crippen LogP contribution in [0.5, 0.6) is 0 Å². The third kappa shape index (κ3) is 1.85. The number of aliphatic hydroxyl groups is 1. The average Bonchev–Trinajstić information content (AvgIpc) is 2.63. The normalized spacial score (nSPS) is 25.6. The number of nitrogens with zero attached hydrogens (tertiary/aromatic N) is 2. The second-order valence-corrected chi connectivity index (χ2v) is 4.04. The molecule has 0 saturated carbocycles. The lowest BCUT2D eigenvalue weighted by molar-refractivity contribution is -0.122. The van der Waals surface area contributed by atoms with Crippen molar-refractivity contribution in [2.24, 2.45) is 0 Å². The monoisotopic (exact) mass is 206 g/mol. The number of β-amino-alcohol motifs (C(OH)–C–C–N with tert-alkyl or cyclic N) is 1. The highest BCUT2D eigenvalue weighted by Crippen LogP contribution is 2.25. The van der Waals surface area contributed by atoms with Crippen LogP contribution in [0.3, 0.4) is 0 Å². The van der Waals surface area contributed by atoms with E-state index in [0.29, 0.717) is 25.8 Å². The smallest absolute Gasteiger partial charge is 0.153 e. The molecule has 0 amide bonds. The first kappa shape index (κ1) is 10.1. The predicted octanol–water partition coefficient (Wildman–Crippen LogP) is 0.530. The lowest BCUT2D eigenvalue weighted by Crippen LogP contribution is -2.35.